The van der Waals surface area contributed by atoms with Crippen LogP contribution in [0.5, 0.6) is 5.75 Å². The number of hydrogen-bond acceptors (Lipinski definition) is 5. The van der Waals surface area contributed by atoms with E-state index in [1.54, 1.807) is 13.3 Å². The molecular formula is C32H38N4O3. The summed E-state index contributed by atoms with van der Waals surface area (Å²) < 4.78 is 5.22. The highest BCUT2D eigenvalue weighted by Gasteiger charge is 2.42. The van der Waals surface area contributed by atoms with Crippen LogP contribution in [0.4, 0.5) is 0 Å². The number of likely N-dealkylation sites (tertiary alicyclic amines) is 2. The molecule has 5 rings (SSSR count). The topological polar surface area (TPSA) is 74.8 Å². The van der Waals surface area contributed by atoms with E-state index in [9.17, 15) is 9.59 Å². The minimum atomic E-state index is -0.0491. The Morgan fingerprint density at radius 2 is 1.67 bits per heavy atom. The van der Waals surface area contributed by atoms with Crippen molar-refractivity contribution in [1.82, 2.24) is 20.1 Å². The maximum atomic E-state index is 13.3. The summed E-state index contributed by atoms with van der Waals surface area (Å²) >= 11 is 0. The molecule has 2 amide bonds. The van der Waals surface area contributed by atoms with Gasteiger partial charge in [-0.25, -0.2) is 0 Å². The quantitative estimate of drug-likeness (QED) is 0.452. The molecule has 0 saturated carbocycles. The number of aromatic nitrogens is 1. The Bertz CT molecular complexity index is 1260. The number of fused-ring (bicyclic) bond motifs is 1. The second-order valence-electron chi connectivity index (χ2n) is 10.9. The number of aryl methyl sites for hydroxylation is 2. The molecule has 2 fully saturated rings. The van der Waals surface area contributed by atoms with Crippen molar-refractivity contribution >= 4 is 11.8 Å². The molecule has 0 bridgehead atoms. The third-order valence-electron chi connectivity index (χ3n) is 8.21. The Morgan fingerprint density at radius 1 is 0.974 bits per heavy atom. The van der Waals surface area contributed by atoms with Gasteiger partial charge in [-0.1, -0.05) is 42.5 Å². The average Bonchev–Trinajstić information content (AvgIpc) is 3.51. The fourth-order valence-corrected chi connectivity index (χ4v) is 6.11. The molecular weight excluding hydrogens is 488 g/mol. The summed E-state index contributed by atoms with van der Waals surface area (Å²) in [6, 6.07) is 19.7. The van der Waals surface area contributed by atoms with Crippen molar-refractivity contribution in [1.29, 1.82) is 0 Å². The van der Waals surface area contributed by atoms with E-state index in [1.807, 2.05) is 67.3 Å². The minimum absolute atomic E-state index is 0.0162. The van der Waals surface area contributed by atoms with Crippen molar-refractivity contribution in [3.05, 3.63) is 94.8 Å². The molecule has 0 aliphatic carbocycles. The predicted molar refractivity (Wildman–Crippen MR) is 152 cm³/mol. The van der Waals surface area contributed by atoms with Gasteiger partial charge in [0.15, 0.2) is 0 Å². The molecule has 3 atom stereocenters. The van der Waals surface area contributed by atoms with Gasteiger partial charge in [-0.05, 0) is 67.0 Å². The van der Waals surface area contributed by atoms with Crippen LogP contribution in [0.25, 0.3) is 0 Å². The number of ether oxygens (including phenoxy) is 1. The third kappa shape index (κ3) is 6.31. The number of pyridine rings is 1. The van der Waals surface area contributed by atoms with Crippen LogP contribution in [0.1, 0.15) is 45.2 Å². The first-order valence-electron chi connectivity index (χ1n) is 13.8. The first-order chi connectivity index (χ1) is 18.9. The van der Waals surface area contributed by atoms with E-state index in [-0.39, 0.29) is 17.9 Å². The number of hydrogen-bond donors (Lipinski definition) is 1. The first kappa shape index (κ1) is 26.9. The molecule has 39 heavy (non-hydrogen) atoms. The van der Waals surface area contributed by atoms with Crippen LogP contribution >= 0.6 is 0 Å². The minimum Gasteiger partial charge on any atom is -0.497 e. The van der Waals surface area contributed by atoms with E-state index in [4.69, 9.17) is 4.74 Å². The molecule has 7 heteroatoms. The van der Waals surface area contributed by atoms with Crippen molar-refractivity contribution in [3.8, 4) is 5.75 Å². The van der Waals surface area contributed by atoms with Crippen LogP contribution in [-0.4, -0.2) is 66.4 Å². The Morgan fingerprint density at radius 3 is 2.31 bits per heavy atom. The van der Waals surface area contributed by atoms with Gasteiger partial charge in [-0.3, -0.25) is 14.6 Å². The Kier molecular flexibility index (Phi) is 8.27. The maximum absolute atomic E-state index is 13.3. The van der Waals surface area contributed by atoms with Gasteiger partial charge in [0.05, 0.1) is 30.8 Å². The molecule has 2 aromatic carbocycles. The third-order valence-corrected chi connectivity index (χ3v) is 8.21. The zero-order valence-corrected chi connectivity index (χ0v) is 23.1. The summed E-state index contributed by atoms with van der Waals surface area (Å²) in [6.45, 7) is 8.38. The Labute approximate surface area is 231 Å². The van der Waals surface area contributed by atoms with E-state index in [0.29, 0.717) is 18.3 Å². The number of rotatable bonds is 9. The number of methoxy groups -OCH3 is 1. The molecule has 3 aromatic rings. The van der Waals surface area contributed by atoms with Crippen molar-refractivity contribution in [2.75, 3.05) is 39.8 Å². The van der Waals surface area contributed by atoms with E-state index in [1.165, 1.54) is 0 Å². The predicted octanol–water partition coefficient (Wildman–Crippen LogP) is 4.20. The normalized spacial score (nSPS) is 19.5. The number of nitrogens with one attached hydrogen (secondary N) is 1. The summed E-state index contributed by atoms with van der Waals surface area (Å²) in [5.74, 6) is 1.90. The molecule has 3 unspecified atom stereocenters. The second-order valence-corrected chi connectivity index (χ2v) is 10.9. The summed E-state index contributed by atoms with van der Waals surface area (Å²) in [7, 11) is 1.64. The van der Waals surface area contributed by atoms with Crippen molar-refractivity contribution in [2.24, 2.45) is 11.8 Å². The molecule has 0 radical (unpaired) electrons. The molecule has 1 N–H and O–H groups in total. The summed E-state index contributed by atoms with van der Waals surface area (Å²) in [5, 5.41) is 3.28. The largest absolute Gasteiger partial charge is 0.497 e. The van der Waals surface area contributed by atoms with Crippen molar-refractivity contribution < 1.29 is 14.3 Å². The Hall–Kier alpha value is -3.71. The van der Waals surface area contributed by atoms with Crippen LogP contribution in [0.2, 0.25) is 0 Å². The maximum Gasteiger partial charge on any atom is 0.255 e. The molecule has 2 aliphatic heterocycles. The Balaban J connectivity index is 1.16. The monoisotopic (exact) mass is 526 g/mol. The van der Waals surface area contributed by atoms with Gasteiger partial charge in [0.1, 0.15) is 5.75 Å². The smallest absolute Gasteiger partial charge is 0.255 e. The summed E-state index contributed by atoms with van der Waals surface area (Å²) in [4.78, 5) is 35.1. The van der Waals surface area contributed by atoms with Crippen molar-refractivity contribution in [3.63, 3.8) is 0 Å². The number of carbonyl (C=O) groups excluding carboxylic acids is 2. The van der Waals surface area contributed by atoms with Gasteiger partial charge in [-0.15, -0.1) is 0 Å². The highest BCUT2D eigenvalue weighted by atomic mass is 16.5. The van der Waals surface area contributed by atoms with Gasteiger partial charge >= 0.3 is 0 Å². The average molecular weight is 527 g/mol. The van der Waals surface area contributed by atoms with E-state index in [2.05, 4.69) is 27.3 Å². The second kappa shape index (κ2) is 12.0. The van der Waals surface area contributed by atoms with Crippen molar-refractivity contribution in [2.45, 2.75) is 32.7 Å². The van der Waals surface area contributed by atoms with Gasteiger partial charge in [0.2, 0.25) is 5.91 Å². The summed E-state index contributed by atoms with van der Waals surface area (Å²) in [6.07, 6.45) is 2.94. The van der Waals surface area contributed by atoms with Crippen LogP contribution in [0, 0.1) is 25.7 Å². The van der Waals surface area contributed by atoms with Crippen LogP contribution < -0.4 is 10.1 Å². The lowest BCUT2D eigenvalue weighted by atomic mass is 10.0. The zero-order chi connectivity index (χ0) is 27.4. The SMILES string of the molecule is COc1ccc(CC(=O)NC(CCN2CC3CN(C(=O)c4c(C)ccnc4C)CC3C2)c2ccccc2)cc1. The lowest BCUT2D eigenvalue weighted by molar-refractivity contribution is -0.121. The van der Waals surface area contributed by atoms with E-state index >= 15 is 0 Å². The zero-order valence-electron chi connectivity index (χ0n) is 23.1. The molecule has 2 saturated heterocycles. The van der Waals surface area contributed by atoms with Gasteiger partial charge < -0.3 is 19.9 Å². The molecule has 2 aliphatic rings. The van der Waals surface area contributed by atoms with Gasteiger partial charge in [0.25, 0.3) is 5.91 Å². The molecule has 0 spiro atoms. The van der Waals surface area contributed by atoms with Gasteiger partial charge in [0, 0.05) is 38.9 Å². The highest BCUT2D eigenvalue weighted by Crippen LogP contribution is 2.33. The first-order valence-corrected chi connectivity index (χ1v) is 13.8. The van der Waals surface area contributed by atoms with E-state index in [0.717, 1.165) is 72.8 Å². The number of carbonyl (C=O) groups is 2. The van der Waals surface area contributed by atoms with Crippen LogP contribution in [0.3, 0.4) is 0 Å². The summed E-state index contributed by atoms with van der Waals surface area (Å²) in [5.41, 5.74) is 4.64. The fraction of sp³-hybridized carbons (Fsp3) is 0.406. The number of nitrogens with zero attached hydrogens (tertiary/aromatic N) is 3. The number of benzene rings is 2. The lowest BCUT2D eigenvalue weighted by Gasteiger charge is -2.25. The van der Waals surface area contributed by atoms with Gasteiger partial charge in [-0.2, -0.15) is 0 Å². The lowest BCUT2D eigenvalue weighted by Crippen LogP contribution is -2.36. The van der Waals surface area contributed by atoms with E-state index < -0.39 is 0 Å². The molecule has 7 nitrogen and oxygen atoms in total. The molecule has 3 heterocycles. The standard InChI is InChI=1S/C32H38N4O3/c1-22-13-15-33-23(2)31(22)32(38)36-20-26-18-35(19-27(26)21-36)16-14-29(25-7-5-4-6-8-25)34-30(37)17-24-9-11-28(39-3)12-10-24/h4-13,15,26-27,29H,14,16-21H2,1-3H3,(H,34,37). The van der Waals surface area contributed by atoms with Crippen LogP contribution in [-0.2, 0) is 11.2 Å². The van der Waals surface area contributed by atoms with Crippen LogP contribution in [0.15, 0.2) is 66.9 Å². The number of amides is 2. The molecule has 204 valence electrons. The highest BCUT2D eigenvalue weighted by molar-refractivity contribution is 5.96. The molecule has 1 aromatic heterocycles. The fourth-order valence-electron chi connectivity index (χ4n) is 6.11.